The Morgan fingerprint density at radius 2 is 2.32 bits per heavy atom. The number of hydrogen-bond acceptors (Lipinski definition) is 4. The molecule has 1 amide bonds. The van der Waals surface area contributed by atoms with Gasteiger partial charge in [0, 0.05) is 22.0 Å². The summed E-state index contributed by atoms with van der Waals surface area (Å²) < 4.78 is 6.37. The topological polar surface area (TPSA) is 53.3 Å². The standard InChI is InChI=1S/C14H12N2O2S/c15-7-10-8-16(5-6-18-10)14(17)12-9-19-13-4-2-1-3-11(12)13/h1-4,9-10H,5-6,8H2. The molecule has 4 nitrogen and oxygen atoms in total. The van der Waals surface area contributed by atoms with Gasteiger partial charge < -0.3 is 9.64 Å². The fraction of sp³-hybridized carbons (Fsp3) is 0.286. The maximum atomic E-state index is 12.5. The number of nitrogens with zero attached hydrogens (tertiary/aromatic N) is 2. The molecule has 5 heteroatoms. The molecule has 1 aliphatic rings. The van der Waals surface area contributed by atoms with Crippen LogP contribution in [0, 0.1) is 11.3 Å². The SMILES string of the molecule is N#CC1CN(C(=O)c2csc3ccccc23)CCO1. The monoisotopic (exact) mass is 272 g/mol. The van der Waals surface area contributed by atoms with Gasteiger partial charge in [0.05, 0.1) is 24.8 Å². The number of carbonyl (C=O) groups excluding carboxylic acids is 1. The van der Waals surface area contributed by atoms with Gasteiger partial charge in [-0.15, -0.1) is 11.3 Å². The highest BCUT2D eigenvalue weighted by molar-refractivity contribution is 7.17. The summed E-state index contributed by atoms with van der Waals surface area (Å²) in [5.74, 6) is -0.0130. The van der Waals surface area contributed by atoms with Gasteiger partial charge in [0.2, 0.25) is 0 Å². The minimum atomic E-state index is -0.511. The molecule has 96 valence electrons. The summed E-state index contributed by atoms with van der Waals surface area (Å²) in [7, 11) is 0. The number of amides is 1. The lowest BCUT2D eigenvalue weighted by atomic mass is 10.1. The van der Waals surface area contributed by atoms with E-state index in [-0.39, 0.29) is 5.91 Å². The van der Waals surface area contributed by atoms with Crippen LogP contribution < -0.4 is 0 Å². The Hall–Kier alpha value is -1.90. The van der Waals surface area contributed by atoms with Crippen molar-refractivity contribution < 1.29 is 9.53 Å². The van der Waals surface area contributed by atoms with Crippen LogP contribution in [0.5, 0.6) is 0 Å². The van der Waals surface area contributed by atoms with E-state index in [0.717, 1.165) is 15.6 Å². The molecule has 0 saturated carbocycles. The zero-order chi connectivity index (χ0) is 13.2. The zero-order valence-electron chi connectivity index (χ0n) is 10.2. The van der Waals surface area contributed by atoms with Gasteiger partial charge in [-0.2, -0.15) is 5.26 Å². The van der Waals surface area contributed by atoms with Crippen LogP contribution in [0.1, 0.15) is 10.4 Å². The van der Waals surface area contributed by atoms with E-state index in [0.29, 0.717) is 19.7 Å². The van der Waals surface area contributed by atoms with Gasteiger partial charge in [0.15, 0.2) is 6.10 Å². The number of morpholine rings is 1. The molecule has 3 rings (SSSR count). The van der Waals surface area contributed by atoms with E-state index in [1.165, 1.54) is 0 Å². The van der Waals surface area contributed by atoms with Gasteiger partial charge in [-0.05, 0) is 6.07 Å². The van der Waals surface area contributed by atoms with Crippen molar-refractivity contribution in [2.45, 2.75) is 6.10 Å². The van der Waals surface area contributed by atoms with E-state index in [4.69, 9.17) is 10.00 Å². The Kier molecular flexibility index (Phi) is 3.20. The molecule has 0 bridgehead atoms. The van der Waals surface area contributed by atoms with Crippen molar-refractivity contribution in [1.82, 2.24) is 4.90 Å². The Balaban J connectivity index is 1.90. The molecular formula is C14H12N2O2S. The Bertz CT molecular complexity index is 659. The van der Waals surface area contributed by atoms with Crippen molar-refractivity contribution in [3.63, 3.8) is 0 Å². The second-order valence-corrected chi connectivity index (χ2v) is 5.30. The molecule has 0 N–H and O–H groups in total. The van der Waals surface area contributed by atoms with Crippen molar-refractivity contribution in [3.8, 4) is 6.07 Å². The maximum absolute atomic E-state index is 12.5. The first kappa shape index (κ1) is 12.2. The third-order valence-electron chi connectivity index (χ3n) is 3.21. The lowest BCUT2D eigenvalue weighted by Gasteiger charge is -2.29. The minimum absolute atomic E-state index is 0.0130. The van der Waals surface area contributed by atoms with Crippen molar-refractivity contribution in [2.24, 2.45) is 0 Å². The summed E-state index contributed by atoms with van der Waals surface area (Å²) >= 11 is 1.57. The van der Waals surface area contributed by atoms with Crippen molar-refractivity contribution in [3.05, 3.63) is 35.2 Å². The molecule has 2 heterocycles. The van der Waals surface area contributed by atoms with Gasteiger partial charge in [0.1, 0.15) is 0 Å². The summed E-state index contributed by atoms with van der Waals surface area (Å²) in [6.07, 6.45) is -0.511. The number of nitriles is 1. The fourth-order valence-corrected chi connectivity index (χ4v) is 3.16. The summed E-state index contributed by atoms with van der Waals surface area (Å²) in [6, 6.07) is 9.92. The molecule has 0 radical (unpaired) electrons. The van der Waals surface area contributed by atoms with E-state index in [2.05, 4.69) is 6.07 Å². The largest absolute Gasteiger partial charge is 0.360 e. The van der Waals surface area contributed by atoms with Crippen LogP contribution in [0.4, 0.5) is 0 Å². The average Bonchev–Trinajstić information content (AvgIpc) is 2.90. The zero-order valence-corrected chi connectivity index (χ0v) is 11.0. The maximum Gasteiger partial charge on any atom is 0.255 e. The van der Waals surface area contributed by atoms with E-state index >= 15 is 0 Å². The predicted octanol–water partition coefficient (Wildman–Crippen LogP) is 2.27. The number of carbonyl (C=O) groups is 1. The molecule has 0 spiro atoms. The third kappa shape index (κ3) is 2.21. The summed E-state index contributed by atoms with van der Waals surface area (Å²) in [5.41, 5.74) is 0.721. The smallest absolute Gasteiger partial charge is 0.255 e. The highest BCUT2D eigenvalue weighted by Gasteiger charge is 2.26. The van der Waals surface area contributed by atoms with Crippen LogP contribution in [-0.2, 0) is 4.74 Å². The minimum Gasteiger partial charge on any atom is -0.360 e. The van der Waals surface area contributed by atoms with E-state index in [1.54, 1.807) is 16.2 Å². The van der Waals surface area contributed by atoms with E-state index in [1.807, 2.05) is 29.6 Å². The van der Waals surface area contributed by atoms with Crippen molar-refractivity contribution in [2.75, 3.05) is 19.7 Å². The molecule has 1 aromatic carbocycles. The first-order valence-corrected chi connectivity index (χ1v) is 6.94. The first-order valence-electron chi connectivity index (χ1n) is 6.06. The quantitative estimate of drug-likeness (QED) is 0.800. The molecule has 1 fully saturated rings. The van der Waals surface area contributed by atoms with Crippen LogP contribution in [-0.4, -0.2) is 36.6 Å². The number of benzene rings is 1. The number of fused-ring (bicyclic) bond motifs is 1. The van der Waals surface area contributed by atoms with Gasteiger partial charge in [-0.25, -0.2) is 0 Å². The lowest BCUT2D eigenvalue weighted by molar-refractivity contribution is 0.00358. The number of thiophene rings is 1. The fourth-order valence-electron chi connectivity index (χ4n) is 2.23. The Morgan fingerprint density at radius 3 is 3.16 bits per heavy atom. The molecule has 1 aliphatic heterocycles. The van der Waals surface area contributed by atoms with Crippen LogP contribution >= 0.6 is 11.3 Å². The van der Waals surface area contributed by atoms with Crippen LogP contribution in [0.2, 0.25) is 0 Å². The molecule has 1 saturated heterocycles. The second-order valence-electron chi connectivity index (χ2n) is 4.39. The van der Waals surface area contributed by atoms with E-state index < -0.39 is 6.10 Å². The molecule has 1 unspecified atom stereocenters. The average molecular weight is 272 g/mol. The molecule has 1 aromatic heterocycles. The lowest BCUT2D eigenvalue weighted by Crippen LogP contribution is -2.45. The molecule has 2 aromatic rings. The summed E-state index contributed by atoms with van der Waals surface area (Å²) in [6.45, 7) is 1.31. The Morgan fingerprint density at radius 1 is 1.47 bits per heavy atom. The van der Waals surface area contributed by atoms with Crippen LogP contribution in [0.25, 0.3) is 10.1 Å². The van der Waals surface area contributed by atoms with Crippen LogP contribution in [0.15, 0.2) is 29.6 Å². The van der Waals surface area contributed by atoms with Crippen molar-refractivity contribution in [1.29, 1.82) is 5.26 Å². The summed E-state index contributed by atoms with van der Waals surface area (Å²) in [5, 5.41) is 11.8. The first-order chi connectivity index (χ1) is 9.29. The second kappa shape index (κ2) is 5.00. The van der Waals surface area contributed by atoms with Gasteiger partial charge >= 0.3 is 0 Å². The van der Waals surface area contributed by atoms with Gasteiger partial charge in [-0.1, -0.05) is 18.2 Å². The number of ether oxygens (including phenoxy) is 1. The predicted molar refractivity (Wildman–Crippen MR) is 73.1 cm³/mol. The van der Waals surface area contributed by atoms with E-state index in [9.17, 15) is 4.79 Å². The molecule has 0 aliphatic carbocycles. The highest BCUT2D eigenvalue weighted by atomic mass is 32.1. The summed E-state index contributed by atoms with van der Waals surface area (Å²) in [4.78, 5) is 14.2. The third-order valence-corrected chi connectivity index (χ3v) is 4.17. The van der Waals surface area contributed by atoms with Crippen molar-refractivity contribution >= 4 is 27.3 Å². The Labute approximate surface area is 114 Å². The number of rotatable bonds is 1. The van der Waals surface area contributed by atoms with Gasteiger partial charge in [0.25, 0.3) is 5.91 Å². The van der Waals surface area contributed by atoms with Gasteiger partial charge in [-0.3, -0.25) is 4.79 Å². The molecular weight excluding hydrogens is 260 g/mol. The molecule has 1 atom stereocenters. The normalized spacial score (nSPS) is 19.3. The van der Waals surface area contributed by atoms with Crippen LogP contribution in [0.3, 0.4) is 0 Å². The highest BCUT2D eigenvalue weighted by Crippen LogP contribution is 2.27. The number of hydrogen-bond donors (Lipinski definition) is 0. The molecule has 19 heavy (non-hydrogen) atoms.